The van der Waals surface area contributed by atoms with Crippen molar-refractivity contribution in [2.24, 2.45) is 5.10 Å². The van der Waals surface area contributed by atoms with Crippen molar-refractivity contribution in [1.29, 1.82) is 5.41 Å². The molecule has 0 rings (SSSR count). The predicted octanol–water partition coefficient (Wildman–Crippen LogP) is 1.68. The van der Waals surface area contributed by atoms with Gasteiger partial charge in [-0.2, -0.15) is 5.10 Å². The molecule has 0 aliphatic rings. The van der Waals surface area contributed by atoms with Crippen LogP contribution in [0.2, 0.25) is 0 Å². The van der Waals surface area contributed by atoms with Crippen LogP contribution in [0.15, 0.2) is 17.8 Å². The Morgan fingerprint density at radius 1 is 1.54 bits per heavy atom. The molecular weight excluding hydrogens is 166 g/mol. The Bertz CT molecular complexity index is 209. The molecule has 0 aromatic heterocycles. The van der Waals surface area contributed by atoms with Crippen molar-refractivity contribution in [2.45, 2.75) is 20.8 Å². The van der Waals surface area contributed by atoms with Crippen LogP contribution in [0.3, 0.4) is 0 Å². The van der Waals surface area contributed by atoms with Crippen molar-refractivity contribution in [3.05, 3.63) is 12.7 Å². The van der Waals surface area contributed by atoms with E-state index in [1.165, 1.54) is 13.1 Å². The molecule has 1 N–H and O–H groups in total. The summed E-state index contributed by atoms with van der Waals surface area (Å²) in [6.07, 6.45) is 2.24. The summed E-state index contributed by atoms with van der Waals surface area (Å²) in [6, 6.07) is 0. The number of hydrogen-bond acceptors (Lipinski definition) is 3. The van der Waals surface area contributed by atoms with E-state index in [-0.39, 0.29) is 5.91 Å². The Morgan fingerprint density at radius 3 is 2.31 bits per heavy atom. The highest BCUT2D eigenvalue weighted by Gasteiger charge is 1.99. The first-order valence-electron chi connectivity index (χ1n) is 4.07. The van der Waals surface area contributed by atoms with Crippen molar-refractivity contribution < 1.29 is 4.79 Å². The molecule has 0 aromatic rings. The molecule has 0 radical (unpaired) electrons. The van der Waals surface area contributed by atoms with Crippen molar-refractivity contribution in [2.75, 3.05) is 7.05 Å². The van der Waals surface area contributed by atoms with Gasteiger partial charge in [-0.1, -0.05) is 20.4 Å². The monoisotopic (exact) mass is 183 g/mol. The number of amides is 1. The summed E-state index contributed by atoms with van der Waals surface area (Å²) in [5.41, 5.74) is 0.475. The highest BCUT2D eigenvalue weighted by atomic mass is 16.2. The van der Waals surface area contributed by atoms with Gasteiger partial charge in [0.05, 0.1) is 5.71 Å². The third kappa shape index (κ3) is 6.93. The van der Waals surface area contributed by atoms with E-state index in [4.69, 9.17) is 5.41 Å². The lowest BCUT2D eigenvalue weighted by Crippen LogP contribution is -2.20. The summed E-state index contributed by atoms with van der Waals surface area (Å²) >= 11 is 0. The molecule has 0 aromatic carbocycles. The van der Waals surface area contributed by atoms with E-state index in [2.05, 4.69) is 11.7 Å². The molecule has 0 spiro atoms. The van der Waals surface area contributed by atoms with Crippen LogP contribution in [0, 0.1) is 5.41 Å². The van der Waals surface area contributed by atoms with Gasteiger partial charge in [0.25, 0.3) is 5.91 Å². The van der Waals surface area contributed by atoms with Crippen LogP contribution in [-0.4, -0.2) is 29.9 Å². The molecule has 0 aliphatic heterocycles. The maximum absolute atomic E-state index is 10.8. The number of hydrogen-bond donors (Lipinski definition) is 1. The van der Waals surface area contributed by atoms with Crippen molar-refractivity contribution in [3.8, 4) is 0 Å². The Hall–Kier alpha value is -1.45. The van der Waals surface area contributed by atoms with E-state index < -0.39 is 0 Å². The fraction of sp³-hybridized carbons (Fsp3) is 0.444. The average Bonchev–Trinajstić information content (AvgIpc) is 2.19. The van der Waals surface area contributed by atoms with Gasteiger partial charge in [-0.05, 0) is 13.0 Å². The van der Waals surface area contributed by atoms with Crippen LogP contribution < -0.4 is 0 Å². The maximum atomic E-state index is 10.8. The van der Waals surface area contributed by atoms with Gasteiger partial charge in [0, 0.05) is 13.3 Å². The quantitative estimate of drug-likeness (QED) is 0.404. The van der Waals surface area contributed by atoms with Crippen molar-refractivity contribution in [1.82, 2.24) is 5.01 Å². The van der Waals surface area contributed by atoms with Crippen LogP contribution >= 0.6 is 0 Å². The molecule has 0 saturated heterocycles. The van der Waals surface area contributed by atoms with E-state index >= 15 is 0 Å². The van der Waals surface area contributed by atoms with Crippen LogP contribution in [-0.2, 0) is 4.79 Å². The Balaban J connectivity index is 0. The molecular formula is C9H17N3O. The summed E-state index contributed by atoms with van der Waals surface area (Å²) in [4.78, 5) is 10.8. The third-order valence-corrected chi connectivity index (χ3v) is 1.01. The van der Waals surface area contributed by atoms with Gasteiger partial charge in [-0.25, -0.2) is 5.01 Å². The standard InChI is InChI=1S/C7H11N3O.C2H6/c1-4-7(11)10(3)9-6(2)5-8;1-2/h4-5,8H,1H2,2-3H3;1-2H3/b8-5?,9-6-;. The van der Waals surface area contributed by atoms with Crippen LogP contribution in [0.5, 0.6) is 0 Å². The van der Waals surface area contributed by atoms with E-state index in [1.54, 1.807) is 6.92 Å². The van der Waals surface area contributed by atoms with Gasteiger partial charge in [-0.15, -0.1) is 0 Å². The normalized spacial score (nSPS) is 9.38. The highest BCUT2D eigenvalue weighted by Crippen LogP contribution is 1.86. The highest BCUT2D eigenvalue weighted by molar-refractivity contribution is 6.28. The number of hydrazone groups is 1. The fourth-order valence-corrected chi connectivity index (χ4v) is 0.447. The lowest BCUT2D eigenvalue weighted by atomic mass is 10.5. The SMILES string of the molecule is C=CC(=O)N(C)/N=C(/C)C=N.CC. The van der Waals surface area contributed by atoms with Gasteiger partial charge >= 0.3 is 0 Å². The molecule has 4 heteroatoms. The molecule has 1 amide bonds. The number of nitrogens with one attached hydrogen (secondary N) is 1. The number of nitrogens with zero attached hydrogens (tertiary/aromatic N) is 2. The van der Waals surface area contributed by atoms with Crippen molar-refractivity contribution in [3.63, 3.8) is 0 Å². The van der Waals surface area contributed by atoms with E-state index in [1.807, 2.05) is 13.8 Å². The van der Waals surface area contributed by atoms with Crippen LogP contribution in [0.4, 0.5) is 0 Å². The lowest BCUT2D eigenvalue weighted by molar-refractivity contribution is -0.124. The van der Waals surface area contributed by atoms with E-state index in [0.29, 0.717) is 5.71 Å². The summed E-state index contributed by atoms with van der Waals surface area (Å²) in [6.45, 7) is 8.94. The Morgan fingerprint density at radius 2 is 2.00 bits per heavy atom. The average molecular weight is 183 g/mol. The molecule has 0 bridgehead atoms. The topological polar surface area (TPSA) is 56.5 Å². The van der Waals surface area contributed by atoms with Crippen LogP contribution in [0.1, 0.15) is 20.8 Å². The van der Waals surface area contributed by atoms with E-state index in [9.17, 15) is 4.79 Å². The van der Waals surface area contributed by atoms with Gasteiger partial charge in [-0.3, -0.25) is 4.79 Å². The summed E-state index contributed by atoms with van der Waals surface area (Å²) in [5, 5.41) is 11.7. The number of likely N-dealkylation sites (N-methyl/N-ethyl adjacent to an activating group) is 1. The minimum absolute atomic E-state index is 0.286. The molecule has 0 heterocycles. The molecule has 13 heavy (non-hydrogen) atoms. The fourth-order valence-electron chi connectivity index (χ4n) is 0.447. The van der Waals surface area contributed by atoms with Crippen molar-refractivity contribution >= 4 is 17.8 Å². The minimum Gasteiger partial charge on any atom is -0.307 e. The summed E-state index contributed by atoms with van der Waals surface area (Å²) in [7, 11) is 1.51. The number of carbonyl (C=O) groups excluding carboxylic acids is 1. The minimum atomic E-state index is -0.286. The molecule has 0 unspecified atom stereocenters. The predicted molar refractivity (Wildman–Crippen MR) is 56.2 cm³/mol. The zero-order valence-corrected chi connectivity index (χ0v) is 8.66. The Kier molecular flexibility index (Phi) is 9.37. The lowest BCUT2D eigenvalue weighted by Gasteiger charge is -2.07. The third-order valence-electron chi connectivity index (χ3n) is 1.01. The molecule has 0 fully saturated rings. The zero-order chi connectivity index (χ0) is 10.9. The molecule has 0 aliphatic carbocycles. The number of rotatable bonds is 3. The second-order valence-electron chi connectivity index (χ2n) is 1.95. The smallest absolute Gasteiger partial charge is 0.265 e. The molecule has 0 saturated carbocycles. The van der Waals surface area contributed by atoms with Gasteiger partial charge in [0.2, 0.25) is 0 Å². The van der Waals surface area contributed by atoms with Gasteiger partial charge in [0.1, 0.15) is 0 Å². The summed E-state index contributed by atoms with van der Waals surface area (Å²) < 4.78 is 0. The first-order chi connectivity index (χ1) is 6.11. The van der Waals surface area contributed by atoms with Gasteiger partial charge < -0.3 is 5.41 Å². The second-order valence-corrected chi connectivity index (χ2v) is 1.95. The largest absolute Gasteiger partial charge is 0.307 e. The molecule has 4 nitrogen and oxygen atoms in total. The van der Waals surface area contributed by atoms with E-state index in [0.717, 1.165) is 11.2 Å². The molecule has 0 atom stereocenters. The summed E-state index contributed by atoms with van der Waals surface area (Å²) in [5.74, 6) is -0.286. The zero-order valence-electron chi connectivity index (χ0n) is 8.66. The van der Waals surface area contributed by atoms with Gasteiger partial charge in [0.15, 0.2) is 0 Å². The first kappa shape index (κ1) is 14.1. The Labute approximate surface area is 79.4 Å². The maximum Gasteiger partial charge on any atom is 0.265 e. The van der Waals surface area contributed by atoms with Crippen LogP contribution in [0.25, 0.3) is 0 Å². The first-order valence-corrected chi connectivity index (χ1v) is 4.07. The molecule has 74 valence electrons. The second kappa shape index (κ2) is 8.64. The number of carbonyl (C=O) groups is 1.